The number of hydrogen-bond acceptors (Lipinski definition) is 4. The predicted molar refractivity (Wildman–Crippen MR) is 94.3 cm³/mol. The highest BCUT2D eigenvalue weighted by Crippen LogP contribution is 2.24. The molecule has 2 unspecified atom stereocenters. The van der Waals surface area contributed by atoms with Gasteiger partial charge in [-0.15, -0.1) is 11.3 Å². The standard InChI is InChI=1S/C16H25BrN2O2S/c1-16(2,3)21-15(20)19-12-6-4-5-11(9-12)18-10-14-13(17)7-8-22-14/h7-8,11-12,18H,4-6,9-10H2,1-3H3,(H,19,20). The lowest BCUT2D eigenvalue weighted by Gasteiger charge is -2.31. The molecule has 124 valence electrons. The third-order valence-corrected chi connectivity index (χ3v) is 5.56. The zero-order chi connectivity index (χ0) is 16.2. The van der Waals surface area contributed by atoms with E-state index in [0.29, 0.717) is 6.04 Å². The Kier molecular flexibility index (Phi) is 6.29. The summed E-state index contributed by atoms with van der Waals surface area (Å²) in [5.74, 6) is 0. The van der Waals surface area contributed by atoms with Crippen molar-refractivity contribution in [2.45, 2.75) is 70.7 Å². The first-order chi connectivity index (χ1) is 10.3. The molecule has 1 amide bonds. The summed E-state index contributed by atoms with van der Waals surface area (Å²) in [7, 11) is 0. The van der Waals surface area contributed by atoms with E-state index < -0.39 is 5.60 Å². The van der Waals surface area contributed by atoms with Crippen LogP contribution < -0.4 is 10.6 Å². The molecule has 1 heterocycles. The number of halogens is 1. The Morgan fingerprint density at radius 3 is 2.77 bits per heavy atom. The number of hydrogen-bond donors (Lipinski definition) is 2. The number of rotatable bonds is 4. The first-order valence-electron chi connectivity index (χ1n) is 7.78. The molecule has 0 radical (unpaired) electrons. The normalized spacial score (nSPS) is 22.4. The monoisotopic (exact) mass is 388 g/mol. The quantitative estimate of drug-likeness (QED) is 0.801. The average Bonchev–Trinajstić information content (AvgIpc) is 2.80. The first-order valence-corrected chi connectivity index (χ1v) is 9.45. The predicted octanol–water partition coefficient (Wildman–Crippen LogP) is 4.44. The minimum atomic E-state index is -0.443. The van der Waals surface area contributed by atoms with Crippen LogP contribution in [0, 0.1) is 0 Å². The lowest BCUT2D eigenvalue weighted by atomic mass is 9.91. The highest BCUT2D eigenvalue weighted by molar-refractivity contribution is 9.10. The molecule has 6 heteroatoms. The Bertz CT molecular complexity index is 499. The maximum absolute atomic E-state index is 11.9. The van der Waals surface area contributed by atoms with Gasteiger partial charge in [0, 0.05) is 28.0 Å². The minimum Gasteiger partial charge on any atom is -0.444 e. The molecule has 1 fully saturated rings. The number of carbonyl (C=O) groups excluding carboxylic acids is 1. The fraction of sp³-hybridized carbons (Fsp3) is 0.688. The minimum absolute atomic E-state index is 0.202. The second kappa shape index (κ2) is 7.79. The van der Waals surface area contributed by atoms with Crippen molar-refractivity contribution in [3.05, 3.63) is 20.8 Å². The van der Waals surface area contributed by atoms with Gasteiger partial charge in [-0.25, -0.2) is 4.79 Å². The number of alkyl carbamates (subject to hydrolysis) is 1. The van der Waals surface area contributed by atoms with Crippen molar-refractivity contribution < 1.29 is 9.53 Å². The Labute approximate surface area is 145 Å². The zero-order valence-electron chi connectivity index (χ0n) is 13.4. The molecule has 1 aromatic rings. The summed E-state index contributed by atoms with van der Waals surface area (Å²) in [6.45, 7) is 6.53. The number of nitrogens with one attached hydrogen (secondary N) is 2. The fourth-order valence-electron chi connectivity index (χ4n) is 2.67. The topological polar surface area (TPSA) is 50.4 Å². The van der Waals surface area contributed by atoms with Gasteiger partial charge < -0.3 is 15.4 Å². The van der Waals surface area contributed by atoms with E-state index in [0.717, 1.165) is 32.2 Å². The second-order valence-electron chi connectivity index (χ2n) is 6.78. The van der Waals surface area contributed by atoms with Crippen LogP contribution in [0.1, 0.15) is 51.3 Å². The van der Waals surface area contributed by atoms with E-state index in [1.807, 2.05) is 20.8 Å². The third kappa shape index (κ3) is 5.89. The average molecular weight is 389 g/mol. The van der Waals surface area contributed by atoms with Crippen LogP contribution in [0.15, 0.2) is 15.9 Å². The van der Waals surface area contributed by atoms with Crippen molar-refractivity contribution in [2.75, 3.05) is 0 Å². The highest BCUT2D eigenvalue weighted by atomic mass is 79.9. The summed E-state index contributed by atoms with van der Waals surface area (Å²) in [6.07, 6.45) is 3.97. The molecule has 0 aliphatic heterocycles. The summed E-state index contributed by atoms with van der Waals surface area (Å²) in [5, 5.41) is 8.70. The van der Waals surface area contributed by atoms with Gasteiger partial charge in [-0.2, -0.15) is 0 Å². The van der Waals surface area contributed by atoms with Crippen LogP contribution in [0.2, 0.25) is 0 Å². The van der Waals surface area contributed by atoms with E-state index in [2.05, 4.69) is 38.0 Å². The molecule has 4 nitrogen and oxygen atoms in total. The number of amides is 1. The molecule has 2 atom stereocenters. The van der Waals surface area contributed by atoms with Gasteiger partial charge in [0.2, 0.25) is 0 Å². The molecule has 2 rings (SSSR count). The Morgan fingerprint density at radius 1 is 1.41 bits per heavy atom. The van der Waals surface area contributed by atoms with Crippen molar-refractivity contribution >= 4 is 33.4 Å². The molecule has 0 saturated heterocycles. The Morgan fingerprint density at radius 2 is 2.14 bits per heavy atom. The summed E-state index contributed by atoms with van der Waals surface area (Å²) in [4.78, 5) is 13.2. The molecule has 1 aromatic heterocycles. The zero-order valence-corrected chi connectivity index (χ0v) is 15.9. The molecular weight excluding hydrogens is 364 g/mol. The Balaban J connectivity index is 1.77. The molecule has 2 N–H and O–H groups in total. The summed E-state index contributed by atoms with van der Waals surface area (Å²) >= 11 is 5.32. The van der Waals surface area contributed by atoms with Gasteiger partial charge in [-0.3, -0.25) is 0 Å². The van der Waals surface area contributed by atoms with Crippen LogP contribution >= 0.6 is 27.3 Å². The molecular formula is C16H25BrN2O2S. The van der Waals surface area contributed by atoms with Crippen LogP contribution in [0.5, 0.6) is 0 Å². The van der Waals surface area contributed by atoms with Gasteiger partial charge in [-0.1, -0.05) is 0 Å². The largest absolute Gasteiger partial charge is 0.444 e. The van der Waals surface area contributed by atoms with Crippen LogP contribution in [0.25, 0.3) is 0 Å². The SMILES string of the molecule is CC(C)(C)OC(=O)NC1CCCC(NCc2sccc2Br)C1. The molecule has 0 bridgehead atoms. The van der Waals surface area contributed by atoms with E-state index in [1.165, 1.54) is 9.35 Å². The Hall–Kier alpha value is -0.590. The van der Waals surface area contributed by atoms with Crippen molar-refractivity contribution in [1.29, 1.82) is 0 Å². The fourth-order valence-corrected chi connectivity index (χ4v) is 4.11. The van der Waals surface area contributed by atoms with E-state index in [4.69, 9.17) is 4.74 Å². The van der Waals surface area contributed by atoms with Crippen LogP contribution in [-0.4, -0.2) is 23.8 Å². The van der Waals surface area contributed by atoms with E-state index >= 15 is 0 Å². The van der Waals surface area contributed by atoms with Gasteiger partial charge in [0.15, 0.2) is 0 Å². The van der Waals surface area contributed by atoms with Gasteiger partial charge in [0.25, 0.3) is 0 Å². The van der Waals surface area contributed by atoms with E-state index in [-0.39, 0.29) is 12.1 Å². The van der Waals surface area contributed by atoms with Crippen LogP contribution in [-0.2, 0) is 11.3 Å². The summed E-state index contributed by atoms with van der Waals surface area (Å²) < 4.78 is 6.51. The van der Waals surface area contributed by atoms with Crippen molar-refractivity contribution in [1.82, 2.24) is 10.6 Å². The van der Waals surface area contributed by atoms with Crippen LogP contribution in [0.3, 0.4) is 0 Å². The van der Waals surface area contributed by atoms with Gasteiger partial charge >= 0.3 is 6.09 Å². The maximum Gasteiger partial charge on any atom is 0.407 e. The summed E-state index contributed by atoms with van der Waals surface area (Å²) in [5.41, 5.74) is -0.443. The summed E-state index contributed by atoms with van der Waals surface area (Å²) in [6, 6.07) is 2.73. The first kappa shape index (κ1) is 17.8. The molecule has 0 spiro atoms. The molecule has 1 aliphatic rings. The lowest BCUT2D eigenvalue weighted by molar-refractivity contribution is 0.0488. The van der Waals surface area contributed by atoms with Gasteiger partial charge in [0.05, 0.1) is 0 Å². The van der Waals surface area contributed by atoms with Crippen molar-refractivity contribution in [3.8, 4) is 0 Å². The van der Waals surface area contributed by atoms with Crippen LogP contribution in [0.4, 0.5) is 4.79 Å². The molecule has 1 saturated carbocycles. The van der Waals surface area contributed by atoms with Crippen molar-refractivity contribution in [2.24, 2.45) is 0 Å². The molecule has 22 heavy (non-hydrogen) atoms. The molecule has 0 aromatic carbocycles. The van der Waals surface area contributed by atoms with E-state index in [1.54, 1.807) is 11.3 Å². The van der Waals surface area contributed by atoms with Crippen molar-refractivity contribution in [3.63, 3.8) is 0 Å². The number of carbonyl (C=O) groups is 1. The smallest absolute Gasteiger partial charge is 0.407 e. The number of ether oxygens (including phenoxy) is 1. The second-order valence-corrected chi connectivity index (χ2v) is 8.63. The third-order valence-electron chi connectivity index (χ3n) is 3.64. The van der Waals surface area contributed by atoms with E-state index in [9.17, 15) is 4.79 Å². The maximum atomic E-state index is 11.9. The highest BCUT2D eigenvalue weighted by Gasteiger charge is 2.25. The number of thiophene rings is 1. The van der Waals surface area contributed by atoms with Gasteiger partial charge in [-0.05, 0) is 73.8 Å². The van der Waals surface area contributed by atoms with Gasteiger partial charge in [0.1, 0.15) is 5.60 Å². The lowest BCUT2D eigenvalue weighted by Crippen LogP contribution is -2.45. The molecule has 1 aliphatic carbocycles.